The van der Waals surface area contributed by atoms with Crippen LogP contribution < -0.4 is 9.47 Å². The van der Waals surface area contributed by atoms with Gasteiger partial charge in [-0.15, -0.1) is 0 Å². The summed E-state index contributed by atoms with van der Waals surface area (Å²) in [5.74, 6) is 1.43. The second kappa shape index (κ2) is 11.1. The molecule has 0 aliphatic rings. The lowest BCUT2D eigenvalue weighted by Crippen LogP contribution is -2.26. The molecule has 0 fully saturated rings. The van der Waals surface area contributed by atoms with Crippen LogP contribution >= 0.6 is 0 Å². The van der Waals surface area contributed by atoms with Crippen LogP contribution in [0.25, 0.3) is 0 Å². The number of rotatable bonds is 12. The van der Waals surface area contributed by atoms with Crippen molar-refractivity contribution in [3.63, 3.8) is 0 Å². The lowest BCUT2D eigenvalue weighted by Gasteiger charge is -2.24. The second-order valence-corrected chi connectivity index (χ2v) is 7.07. The molecule has 2 rings (SSSR count). The molecule has 0 unspecified atom stereocenters. The zero-order chi connectivity index (χ0) is 20.4. The summed E-state index contributed by atoms with van der Waals surface area (Å²) in [6.07, 6.45) is 3.06. The smallest absolute Gasteiger partial charge is 0.120 e. The molecule has 0 aliphatic carbocycles. The molecule has 3 N–H and O–H groups in total. The van der Waals surface area contributed by atoms with Gasteiger partial charge in [0.1, 0.15) is 18.1 Å². The highest BCUT2D eigenvalue weighted by Crippen LogP contribution is 2.23. The Kier molecular flexibility index (Phi) is 8.77. The van der Waals surface area contributed by atoms with Crippen LogP contribution in [-0.4, -0.2) is 27.5 Å². The van der Waals surface area contributed by atoms with Gasteiger partial charge < -0.3 is 24.8 Å². The monoisotopic (exact) mass is 388 g/mol. The Morgan fingerprint density at radius 2 is 1.57 bits per heavy atom. The van der Waals surface area contributed by atoms with Crippen LogP contribution in [0.4, 0.5) is 0 Å². The van der Waals surface area contributed by atoms with Gasteiger partial charge in [0, 0.05) is 0 Å². The minimum atomic E-state index is -0.585. The quantitative estimate of drug-likeness (QED) is 0.480. The van der Waals surface area contributed by atoms with Crippen LogP contribution in [0.1, 0.15) is 56.2 Å². The van der Waals surface area contributed by atoms with E-state index >= 15 is 0 Å². The minimum absolute atomic E-state index is 0.108. The van der Waals surface area contributed by atoms with E-state index in [0.717, 1.165) is 37.0 Å². The van der Waals surface area contributed by atoms with Crippen molar-refractivity contribution in [2.45, 2.75) is 65.0 Å². The maximum atomic E-state index is 10.3. The van der Waals surface area contributed by atoms with Crippen molar-refractivity contribution >= 4 is 0 Å². The van der Waals surface area contributed by atoms with E-state index < -0.39 is 5.60 Å². The van der Waals surface area contributed by atoms with E-state index in [9.17, 15) is 15.3 Å². The normalized spacial score (nSPS) is 11.5. The molecule has 0 amide bonds. The Hall–Kier alpha value is -2.08. The third-order valence-electron chi connectivity index (χ3n) is 5.19. The van der Waals surface area contributed by atoms with Crippen molar-refractivity contribution in [2.24, 2.45) is 0 Å². The summed E-state index contributed by atoms with van der Waals surface area (Å²) in [5.41, 5.74) is 1.75. The lowest BCUT2D eigenvalue weighted by atomic mass is 9.92. The fourth-order valence-corrected chi connectivity index (χ4v) is 3.08. The topological polar surface area (TPSA) is 79.2 Å². The summed E-state index contributed by atoms with van der Waals surface area (Å²) < 4.78 is 11.6. The SMILES string of the molecule is CCC(O)(CC)CCCOc1cccc(COc2ccc(CO)c(CO)c2)c1. The van der Waals surface area contributed by atoms with E-state index in [1.807, 2.05) is 38.1 Å². The van der Waals surface area contributed by atoms with Gasteiger partial charge >= 0.3 is 0 Å². The van der Waals surface area contributed by atoms with Gasteiger partial charge in [-0.05, 0) is 66.6 Å². The maximum Gasteiger partial charge on any atom is 0.120 e. The van der Waals surface area contributed by atoms with E-state index in [2.05, 4.69) is 0 Å². The molecule has 5 heteroatoms. The molecule has 28 heavy (non-hydrogen) atoms. The van der Waals surface area contributed by atoms with Crippen molar-refractivity contribution in [3.8, 4) is 11.5 Å². The first kappa shape index (κ1) is 22.2. The average molecular weight is 389 g/mol. The van der Waals surface area contributed by atoms with Gasteiger partial charge in [0.05, 0.1) is 25.4 Å². The van der Waals surface area contributed by atoms with Crippen molar-refractivity contribution < 1.29 is 24.8 Å². The number of ether oxygens (including phenoxy) is 2. The molecule has 2 aromatic carbocycles. The predicted molar refractivity (Wildman–Crippen MR) is 109 cm³/mol. The molecule has 2 aromatic rings. The molecule has 0 saturated heterocycles. The van der Waals surface area contributed by atoms with E-state index in [4.69, 9.17) is 9.47 Å². The Bertz CT molecular complexity index is 725. The van der Waals surface area contributed by atoms with Gasteiger partial charge in [0.2, 0.25) is 0 Å². The van der Waals surface area contributed by atoms with Crippen molar-refractivity contribution in [2.75, 3.05) is 6.61 Å². The molecule has 0 radical (unpaired) electrons. The summed E-state index contributed by atoms with van der Waals surface area (Å²) in [7, 11) is 0. The number of hydrogen-bond acceptors (Lipinski definition) is 5. The standard InChI is InChI=1S/C23H32O5/c1-3-23(26,4-2)11-6-12-27-21-8-5-7-18(13-21)17-28-22-10-9-19(15-24)20(14-22)16-25/h5,7-10,13-14,24-26H,3-4,6,11-12,15-17H2,1-2H3. The van der Waals surface area contributed by atoms with Crippen LogP contribution in [0.2, 0.25) is 0 Å². The highest BCUT2D eigenvalue weighted by Gasteiger charge is 2.21. The molecule has 0 bridgehead atoms. The first-order valence-electron chi connectivity index (χ1n) is 9.94. The number of aliphatic hydroxyl groups excluding tert-OH is 2. The third-order valence-corrected chi connectivity index (χ3v) is 5.19. The Morgan fingerprint density at radius 3 is 2.25 bits per heavy atom. The van der Waals surface area contributed by atoms with Crippen LogP contribution in [0.3, 0.4) is 0 Å². The molecule has 0 aromatic heterocycles. The maximum absolute atomic E-state index is 10.3. The molecule has 154 valence electrons. The molecule has 5 nitrogen and oxygen atoms in total. The lowest BCUT2D eigenvalue weighted by molar-refractivity contribution is 0.0185. The van der Waals surface area contributed by atoms with Gasteiger partial charge in [-0.3, -0.25) is 0 Å². The van der Waals surface area contributed by atoms with Gasteiger partial charge in [0.25, 0.3) is 0 Å². The van der Waals surface area contributed by atoms with E-state index in [1.165, 1.54) is 0 Å². The molecule has 0 saturated carbocycles. The van der Waals surface area contributed by atoms with Gasteiger partial charge in [0.15, 0.2) is 0 Å². The first-order chi connectivity index (χ1) is 13.5. The van der Waals surface area contributed by atoms with Crippen molar-refractivity contribution in [1.29, 1.82) is 0 Å². The number of hydrogen-bond donors (Lipinski definition) is 3. The van der Waals surface area contributed by atoms with Crippen LogP contribution in [0.15, 0.2) is 42.5 Å². The fourth-order valence-electron chi connectivity index (χ4n) is 3.08. The van der Waals surface area contributed by atoms with Gasteiger partial charge in [-0.2, -0.15) is 0 Å². The highest BCUT2D eigenvalue weighted by atomic mass is 16.5. The summed E-state index contributed by atoms with van der Waals surface area (Å²) in [6.45, 7) is 4.72. The van der Waals surface area contributed by atoms with Crippen molar-refractivity contribution in [1.82, 2.24) is 0 Å². The molecule has 0 aliphatic heterocycles. The molecular formula is C23H32O5. The van der Waals surface area contributed by atoms with Crippen LogP contribution in [0, 0.1) is 0 Å². The number of benzene rings is 2. The van der Waals surface area contributed by atoms with E-state index in [-0.39, 0.29) is 13.2 Å². The largest absolute Gasteiger partial charge is 0.494 e. The first-order valence-corrected chi connectivity index (χ1v) is 9.94. The average Bonchev–Trinajstić information content (AvgIpc) is 2.75. The Labute approximate surface area is 167 Å². The summed E-state index contributed by atoms with van der Waals surface area (Å²) >= 11 is 0. The van der Waals surface area contributed by atoms with Gasteiger partial charge in [-0.25, -0.2) is 0 Å². The van der Waals surface area contributed by atoms with Crippen LogP contribution in [0.5, 0.6) is 11.5 Å². The van der Waals surface area contributed by atoms with E-state index in [0.29, 0.717) is 30.1 Å². The summed E-state index contributed by atoms with van der Waals surface area (Å²) in [5, 5.41) is 29.0. The third kappa shape index (κ3) is 6.51. The zero-order valence-electron chi connectivity index (χ0n) is 16.9. The van der Waals surface area contributed by atoms with E-state index in [1.54, 1.807) is 18.2 Å². The zero-order valence-corrected chi connectivity index (χ0v) is 16.9. The Morgan fingerprint density at radius 1 is 0.857 bits per heavy atom. The Balaban J connectivity index is 1.86. The predicted octanol–water partition coefficient (Wildman–Crippen LogP) is 3.96. The summed E-state index contributed by atoms with van der Waals surface area (Å²) in [6, 6.07) is 13.0. The molecule has 0 heterocycles. The van der Waals surface area contributed by atoms with Gasteiger partial charge in [-0.1, -0.05) is 32.0 Å². The van der Waals surface area contributed by atoms with Crippen molar-refractivity contribution in [3.05, 3.63) is 59.2 Å². The molecule has 0 spiro atoms. The molecular weight excluding hydrogens is 356 g/mol. The second-order valence-electron chi connectivity index (χ2n) is 7.07. The summed E-state index contributed by atoms with van der Waals surface area (Å²) in [4.78, 5) is 0. The molecule has 0 atom stereocenters. The highest BCUT2D eigenvalue weighted by molar-refractivity contribution is 5.35. The fraction of sp³-hybridized carbons (Fsp3) is 0.478. The van der Waals surface area contributed by atoms with Crippen LogP contribution in [-0.2, 0) is 19.8 Å². The minimum Gasteiger partial charge on any atom is -0.494 e. The number of aliphatic hydroxyl groups is 3.